The summed E-state index contributed by atoms with van der Waals surface area (Å²) in [5, 5.41) is 62.1. The number of carboxylic acids is 2. The molecular weight excluding hydrogens is 1500 g/mol. The number of phenols is 1. The number of amides is 4. The normalized spacial score (nSPS) is 14.9. The number of benzene rings is 7. The first kappa shape index (κ1) is 77.2. The number of nitrogens with one attached hydrogen (secondary N) is 5. The highest BCUT2D eigenvalue weighted by Crippen LogP contribution is 2.67. The molecule has 2 aromatic heterocycles. The maximum atomic E-state index is 14.4. The van der Waals surface area contributed by atoms with Gasteiger partial charge in [0.25, 0.3) is 11.8 Å². The van der Waals surface area contributed by atoms with Gasteiger partial charge in [0.15, 0.2) is 28.7 Å². The van der Waals surface area contributed by atoms with Gasteiger partial charge in [0.05, 0.1) is 29.6 Å². The Hall–Kier alpha value is -12.5. The number of aromatic hydroxyl groups is 2. The van der Waals surface area contributed by atoms with Crippen LogP contribution in [-0.4, -0.2) is 127 Å². The maximum Gasteiger partial charge on any atom is 0.490 e. The quantitative estimate of drug-likeness (QED) is 0.00859. The molecule has 17 N–H and O–H groups in total. The van der Waals surface area contributed by atoms with Crippen LogP contribution in [0.4, 0.5) is 11.6 Å². The van der Waals surface area contributed by atoms with Gasteiger partial charge in [0.1, 0.15) is 40.7 Å². The van der Waals surface area contributed by atoms with Crippen molar-refractivity contribution >= 4 is 104 Å². The first-order chi connectivity index (χ1) is 52.3. The highest BCUT2D eigenvalue weighted by molar-refractivity contribution is 7.66. The smallest absolute Gasteiger partial charge is 0.490 e. The molecule has 5 atom stereocenters. The van der Waals surface area contributed by atoms with E-state index in [0.717, 1.165) is 0 Å². The number of phosphoric acid groups is 3. The zero-order valence-electron chi connectivity index (χ0n) is 56.9. The number of phosphoric ester groups is 1. The molecular formula is C72H62N11O24P3. The van der Waals surface area contributed by atoms with Crippen molar-refractivity contribution in [2.45, 2.75) is 63.5 Å². The number of carboxylic acid groups (broad SMARTS) is 2. The standard InChI is InChI=1S/C72H62N11O24P3/c73-41-15-21-47-54(33-41)102-55-34-42(74)16-22-48(55)62(47)46-20-14-40(32-52(46)71(93)94)67(88)79-53(30-38-11-9-37(10-12-38)6-4-29-77-66(87)39-13-19-45(51(31-39)70(91)92)63-49-23-17-43(84)35-56(49)103-57-36-44(85)18-24-50(57)63)68(89)78-27-3-1-2-8-59(86)76-28-5-7-58-80-64-65(81-72(75)82-69(64)90)83(58)60-25-26-61(104-60)105-109(98,99)107-110(100,101)106-108(95,96)97/h9-24,31-36,53,60-61,73,84H,1-3,8,25-30,74H2,(H,76,86)(H,77,87)(H,78,89)(H,79,88)(H,91,92)(H,93,94)(H,98,99)(H,100,101)(H2,95,96,97)(H3,75,81,82,90)/t53?,60-,61-/m1/s1. The third-order valence-electron chi connectivity index (χ3n) is 17.0. The van der Waals surface area contributed by atoms with Gasteiger partial charge in [0, 0.05) is 105 Å². The molecule has 5 aliphatic rings. The average molecular weight is 1560 g/mol. The number of carbonyl (C=O) groups is 6. The van der Waals surface area contributed by atoms with Gasteiger partial charge in [-0.2, -0.15) is 18.6 Å². The van der Waals surface area contributed by atoms with E-state index in [0.29, 0.717) is 74.7 Å². The van der Waals surface area contributed by atoms with Gasteiger partial charge in [-0.25, -0.2) is 28.3 Å². The summed E-state index contributed by atoms with van der Waals surface area (Å²) in [4.78, 5) is 143. The number of anilines is 2. The number of rotatable bonds is 25. The number of imidazole rings is 1. The molecule has 35 nitrogen and oxygen atoms in total. The largest absolute Gasteiger partial charge is 0.508 e. The van der Waals surface area contributed by atoms with Crippen LogP contribution in [0.15, 0.2) is 147 Å². The minimum atomic E-state index is -5.85. The van der Waals surface area contributed by atoms with Gasteiger partial charge in [-0.15, -0.1) is 0 Å². The van der Waals surface area contributed by atoms with Crippen molar-refractivity contribution in [1.82, 2.24) is 40.8 Å². The molecule has 0 saturated carbocycles. The second-order valence-corrected chi connectivity index (χ2v) is 29.0. The fraction of sp³-hybridized carbons (Fsp3) is 0.181. The molecule has 1 fully saturated rings. The number of nitrogens with two attached hydrogens (primary N) is 2. The van der Waals surface area contributed by atoms with Gasteiger partial charge in [0.2, 0.25) is 23.6 Å². The number of aromatic carboxylic acids is 2. The fourth-order valence-corrected chi connectivity index (χ4v) is 15.3. The molecule has 4 amide bonds. The fourth-order valence-electron chi connectivity index (χ4n) is 12.2. The van der Waals surface area contributed by atoms with Crippen LogP contribution in [0.1, 0.15) is 103 Å². The maximum absolute atomic E-state index is 14.4. The molecule has 0 bridgehead atoms. The van der Waals surface area contributed by atoms with Gasteiger partial charge < -0.3 is 91.7 Å². The van der Waals surface area contributed by atoms with E-state index in [1.54, 1.807) is 54.6 Å². The lowest BCUT2D eigenvalue weighted by Crippen LogP contribution is -2.48. The minimum absolute atomic E-state index is 0.00190. The molecule has 3 unspecified atom stereocenters. The average Bonchev–Trinajstić information content (AvgIpc) is 1.13. The third kappa shape index (κ3) is 18.2. The van der Waals surface area contributed by atoms with Crippen LogP contribution >= 0.6 is 23.5 Å². The molecule has 0 radical (unpaired) electrons. The summed E-state index contributed by atoms with van der Waals surface area (Å²) in [6, 6.07) is 31.4. The Labute approximate surface area is 619 Å². The lowest BCUT2D eigenvalue weighted by molar-refractivity contribution is -0.123. The number of unbranched alkanes of at least 4 members (excludes halogenated alkanes) is 2. The highest BCUT2D eigenvalue weighted by Gasteiger charge is 2.44. The Balaban J connectivity index is 0.694. The van der Waals surface area contributed by atoms with E-state index in [-0.39, 0.29) is 129 Å². The van der Waals surface area contributed by atoms with E-state index in [2.05, 4.69) is 68.5 Å². The molecule has 7 aromatic rings. The summed E-state index contributed by atoms with van der Waals surface area (Å²) in [6.07, 6.45) is -2.07. The van der Waals surface area contributed by atoms with Crippen molar-refractivity contribution in [2.24, 2.45) is 0 Å². The van der Waals surface area contributed by atoms with E-state index >= 15 is 0 Å². The van der Waals surface area contributed by atoms with Crippen molar-refractivity contribution in [2.75, 3.05) is 31.1 Å². The van der Waals surface area contributed by atoms with Crippen LogP contribution in [0.3, 0.4) is 0 Å². The van der Waals surface area contributed by atoms with E-state index in [4.69, 9.17) is 44.8 Å². The molecule has 12 rings (SSSR count). The lowest BCUT2D eigenvalue weighted by Gasteiger charge is -2.20. The Morgan fingerprint density at radius 2 is 1.27 bits per heavy atom. The zero-order valence-corrected chi connectivity index (χ0v) is 59.6. The van der Waals surface area contributed by atoms with Gasteiger partial charge in [-0.05, 0) is 127 Å². The number of fused-ring (bicyclic) bond motifs is 5. The molecule has 38 heteroatoms. The number of ether oxygens (including phenoxy) is 1. The first-order valence-corrected chi connectivity index (χ1v) is 37.5. The van der Waals surface area contributed by atoms with Crippen LogP contribution in [0.5, 0.6) is 11.6 Å². The van der Waals surface area contributed by atoms with Gasteiger partial charge in [-0.3, -0.25) is 33.1 Å². The Morgan fingerprint density at radius 3 is 1.95 bits per heavy atom. The number of nitrogen functional groups attached to an aromatic ring is 2. The summed E-state index contributed by atoms with van der Waals surface area (Å²) in [7, 11) is -17.1. The van der Waals surface area contributed by atoms with Crippen LogP contribution in [0.2, 0.25) is 0 Å². The molecule has 2 aliphatic carbocycles. The monoisotopic (exact) mass is 1560 g/mol. The highest BCUT2D eigenvalue weighted by atomic mass is 31.3. The number of nitrogens with zero attached hydrogens (tertiary/aromatic N) is 4. The number of phenolic OH excluding ortho intramolecular Hbond substituents is 1. The summed E-state index contributed by atoms with van der Waals surface area (Å²) in [5.41, 5.74) is 14.6. The lowest BCUT2D eigenvalue weighted by atomic mass is 9.89. The van der Waals surface area contributed by atoms with E-state index < -0.39 is 89.4 Å². The van der Waals surface area contributed by atoms with Crippen molar-refractivity contribution in [3.63, 3.8) is 0 Å². The Kier molecular flexibility index (Phi) is 22.6. The second kappa shape index (κ2) is 32.2. The van der Waals surface area contributed by atoms with Gasteiger partial charge >= 0.3 is 35.4 Å². The molecule has 5 aromatic carbocycles. The predicted octanol–water partition coefficient (Wildman–Crippen LogP) is 7.62. The number of hydrogen-bond acceptors (Lipinski definition) is 24. The number of hydrogen-bond donors (Lipinski definition) is 15. The Morgan fingerprint density at radius 1 is 0.645 bits per heavy atom. The number of aromatic nitrogens is 4. The summed E-state index contributed by atoms with van der Waals surface area (Å²) in [5.74, 6) is 5.13. The van der Waals surface area contributed by atoms with Crippen molar-refractivity contribution in [3.05, 3.63) is 188 Å². The summed E-state index contributed by atoms with van der Waals surface area (Å²) >= 11 is 0. The van der Waals surface area contributed by atoms with Crippen molar-refractivity contribution in [3.8, 4) is 80.2 Å². The molecule has 110 heavy (non-hydrogen) atoms. The Bertz CT molecular complexity index is 5920. The van der Waals surface area contributed by atoms with E-state index in [9.17, 15) is 77.5 Å². The molecule has 5 heterocycles. The summed E-state index contributed by atoms with van der Waals surface area (Å²) in [6.45, 7) is -0.333. The second-order valence-electron chi connectivity index (χ2n) is 24.7. The van der Waals surface area contributed by atoms with Crippen LogP contribution in [-0.2, 0) is 47.6 Å². The zero-order chi connectivity index (χ0) is 78.5. The SMILES string of the molecule is N=c1ccc2c(-c3ccc(C(=O)NC(Cc4ccc(C#CCNC(=O)c5ccc(-c6c7ccc(=O)cc-7oc7cc(O)ccc67)c(C(=O)O)c5)cc4)C(=O)NCCCCCC(=O)NCC#Cc4nc5c(O)nc(N)nc5n4[C@H]4CC[C@@H](OP(=O)(O)OP(=O)(O)OP(=O)(O)O)O4)cc3C(=O)O)c3ccc(N)cc3oc-2c1. The van der Waals surface area contributed by atoms with E-state index in [1.807, 2.05) is 0 Å². The van der Waals surface area contributed by atoms with Gasteiger partial charge in [-0.1, -0.05) is 48.4 Å². The predicted molar refractivity (Wildman–Crippen MR) is 390 cm³/mol. The minimum Gasteiger partial charge on any atom is -0.508 e. The van der Waals surface area contributed by atoms with Crippen LogP contribution < -0.4 is 43.5 Å². The van der Waals surface area contributed by atoms with E-state index in [1.165, 1.54) is 83.4 Å². The van der Waals surface area contributed by atoms with Crippen LogP contribution in [0, 0.1) is 29.1 Å². The van der Waals surface area contributed by atoms with Crippen molar-refractivity contribution < 1.29 is 109 Å². The molecule has 0 spiro atoms. The van der Waals surface area contributed by atoms with Crippen LogP contribution in [0.25, 0.3) is 78.0 Å². The topological polar surface area (TPSA) is 563 Å². The molecule has 3 aliphatic heterocycles. The third-order valence-corrected chi connectivity index (χ3v) is 20.8. The molecule has 1 saturated heterocycles. The van der Waals surface area contributed by atoms with Crippen molar-refractivity contribution in [1.29, 1.82) is 5.41 Å². The number of carbonyl (C=O) groups excluding carboxylic acids is 4. The molecule has 564 valence electrons. The summed E-state index contributed by atoms with van der Waals surface area (Å²) < 4.78 is 66.8. The first-order valence-electron chi connectivity index (χ1n) is 33.0.